The quantitative estimate of drug-likeness (QED) is 0.441. The number of hydrogen-bond donors (Lipinski definition) is 2. The van der Waals surface area contributed by atoms with Gasteiger partial charge in [-0.15, -0.1) is 0 Å². The van der Waals surface area contributed by atoms with Crippen molar-refractivity contribution in [2.75, 3.05) is 12.1 Å². The largest absolute Gasteiger partial charge is 0.454 e. The Hall–Kier alpha value is -3.91. The molecule has 8 heteroatoms. The van der Waals surface area contributed by atoms with E-state index in [2.05, 4.69) is 10.6 Å². The van der Waals surface area contributed by atoms with Gasteiger partial charge in [-0.3, -0.25) is 20.2 Å². The summed E-state index contributed by atoms with van der Waals surface area (Å²) in [6, 6.07) is 18.8. The number of ether oxygens (including phenoxy) is 2. The van der Waals surface area contributed by atoms with Crippen molar-refractivity contribution >= 4 is 17.3 Å². The average molecular weight is 419 g/mol. The molecule has 0 bridgehead atoms. The highest BCUT2D eigenvalue weighted by Gasteiger charge is 2.24. The number of nitrogens with zero attached hydrogens (tertiary/aromatic N) is 1. The van der Waals surface area contributed by atoms with Gasteiger partial charge >= 0.3 is 0 Å². The molecule has 3 aromatic carbocycles. The summed E-state index contributed by atoms with van der Waals surface area (Å²) in [6.07, 6.45) is 0. The standard InChI is InChI=1S/C23H21N3O5/c1-15-7-9-18(19(11-15)26(28)29)25-23(27)22(17-5-3-2-4-6-17)24-13-16-8-10-20-21(12-16)31-14-30-20/h2-12,22,24H,13-14H2,1H3,(H,25,27)/t22-/m1/s1. The summed E-state index contributed by atoms with van der Waals surface area (Å²) >= 11 is 0. The van der Waals surface area contributed by atoms with Crippen LogP contribution in [-0.2, 0) is 11.3 Å². The van der Waals surface area contributed by atoms with Gasteiger partial charge in [-0.25, -0.2) is 0 Å². The van der Waals surface area contributed by atoms with E-state index in [1.807, 2.05) is 48.5 Å². The Bertz CT molecular complexity index is 1120. The highest BCUT2D eigenvalue weighted by molar-refractivity contribution is 5.97. The van der Waals surface area contributed by atoms with Gasteiger partial charge in [0, 0.05) is 12.6 Å². The van der Waals surface area contributed by atoms with Crippen molar-refractivity contribution in [1.29, 1.82) is 0 Å². The molecule has 1 amide bonds. The Kier molecular flexibility index (Phi) is 5.81. The second-order valence-corrected chi connectivity index (χ2v) is 7.18. The number of anilines is 1. The molecule has 2 N–H and O–H groups in total. The lowest BCUT2D eigenvalue weighted by Gasteiger charge is -2.19. The second kappa shape index (κ2) is 8.85. The number of rotatable bonds is 7. The Labute approximate surface area is 179 Å². The zero-order chi connectivity index (χ0) is 21.8. The van der Waals surface area contributed by atoms with E-state index >= 15 is 0 Å². The number of nitro groups is 1. The highest BCUT2D eigenvalue weighted by Crippen LogP contribution is 2.33. The van der Waals surface area contributed by atoms with Gasteiger partial charge in [0.05, 0.1) is 4.92 Å². The lowest BCUT2D eigenvalue weighted by molar-refractivity contribution is -0.384. The monoisotopic (exact) mass is 419 g/mol. The molecule has 8 nitrogen and oxygen atoms in total. The van der Waals surface area contributed by atoms with Gasteiger partial charge < -0.3 is 14.8 Å². The van der Waals surface area contributed by atoms with Crippen molar-refractivity contribution in [3.8, 4) is 11.5 Å². The summed E-state index contributed by atoms with van der Waals surface area (Å²) in [5.41, 5.74) is 2.42. The van der Waals surface area contributed by atoms with Crippen molar-refractivity contribution in [1.82, 2.24) is 5.32 Å². The summed E-state index contributed by atoms with van der Waals surface area (Å²) in [5, 5.41) is 17.4. The third-order valence-corrected chi connectivity index (χ3v) is 4.95. The van der Waals surface area contributed by atoms with Gasteiger partial charge in [-0.1, -0.05) is 42.5 Å². The second-order valence-electron chi connectivity index (χ2n) is 7.18. The number of fused-ring (bicyclic) bond motifs is 1. The average Bonchev–Trinajstić information content (AvgIpc) is 3.23. The van der Waals surface area contributed by atoms with Crippen molar-refractivity contribution in [2.45, 2.75) is 19.5 Å². The van der Waals surface area contributed by atoms with Gasteiger partial charge in [0.2, 0.25) is 12.7 Å². The first kappa shape index (κ1) is 20.4. The minimum Gasteiger partial charge on any atom is -0.454 e. The minimum atomic E-state index is -0.715. The van der Waals surface area contributed by atoms with E-state index < -0.39 is 11.0 Å². The lowest BCUT2D eigenvalue weighted by atomic mass is 10.0. The maximum atomic E-state index is 13.1. The first-order valence-corrected chi connectivity index (χ1v) is 9.74. The molecule has 1 atom stereocenters. The van der Waals surface area contributed by atoms with Gasteiger partial charge in [-0.2, -0.15) is 0 Å². The highest BCUT2D eigenvalue weighted by atomic mass is 16.7. The Morgan fingerprint density at radius 2 is 1.84 bits per heavy atom. The Morgan fingerprint density at radius 1 is 1.06 bits per heavy atom. The molecular formula is C23H21N3O5. The number of benzene rings is 3. The van der Waals surface area contributed by atoms with Crippen molar-refractivity contribution in [2.24, 2.45) is 0 Å². The summed E-state index contributed by atoms with van der Waals surface area (Å²) in [5.74, 6) is 0.960. The predicted molar refractivity (Wildman–Crippen MR) is 115 cm³/mol. The molecule has 1 heterocycles. The Balaban J connectivity index is 1.55. The topological polar surface area (TPSA) is 103 Å². The molecule has 4 rings (SSSR count). The molecule has 0 aliphatic carbocycles. The summed E-state index contributed by atoms with van der Waals surface area (Å²) in [7, 11) is 0. The van der Waals surface area contributed by atoms with Crippen LogP contribution >= 0.6 is 0 Å². The van der Waals surface area contributed by atoms with E-state index in [0.717, 1.165) is 16.7 Å². The van der Waals surface area contributed by atoms with Crippen LogP contribution in [0.4, 0.5) is 11.4 Å². The van der Waals surface area contributed by atoms with Crippen LogP contribution in [0.2, 0.25) is 0 Å². The summed E-state index contributed by atoms with van der Waals surface area (Å²) in [6.45, 7) is 2.34. The van der Waals surface area contributed by atoms with Crippen LogP contribution in [-0.4, -0.2) is 17.6 Å². The van der Waals surface area contributed by atoms with Crippen LogP contribution in [0.5, 0.6) is 11.5 Å². The predicted octanol–water partition coefficient (Wildman–Crippen LogP) is 4.10. The van der Waals surface area contributed by atoms with E-state index in [0.29, 0.717) is 18.0 Å². The fraction of sp³-hybridized carbons (Fsp3) is 0.174. The molecule has 158 valence electrons. The van der Waals surface area contributed by atoms with Crippen LogP contribution in [0.3, 0.4) is 0 Å². The number of carbonyl (C=O) groups is 1. The molecule has 0 saturated heterocycles. The van der Waals surface area contributed by atoms with Crippen molar-refractivity contribution in [3.05, 3.63) is 93.5 Å². The maximum absolute atomic E-state index is 13.1. The normalized spacial score (nSPS) is 12.9. The van der Waals surface area contributed by atoms with Gasteiger partial charge in [0.25, 0.3) is 5.69 Å². The molecule has 3 aromatic rings. The van der Waals surface area contributed by atoms with E-state index in [1.54, 1.807) is 19.1 Å². The van der Waals surface area contributed by atoms with Crippen LogP contribution in [0, 0.1) is 17.0 Å². The first-order chi connectivity index (χ1) is 15.0. The zero-order valence-electron chi connectivity index (χ0n) is 16.8. The number of amides is 1. The van der Waals surface area contributed by atoms with Crippen LogP contribution in [0.15, 0.2) is 66.7 Å². The van der Waals surface area contributed by atoms with Crippen molar-refractivity contribution in [3.63, 3.8) is 0 Å². The van der Waals surface area contributed by atoms with Gasteiger partial charge in [0.15, 0.2) is 11.5 Å². The molecular weight excluding hydrogens is 398 g/mol. The van der Waals surface area contributed by atoms with Crippen molar-refractivity contribution < 1.29 is 19.2 Å². The molecule has 0 unspecified atom stereocenters. The summed E-state index contributed by atoms with van der Waals surface area (Å²) < 4.78 is 10.7. The molecule has 0 aromatic heterocycles. The fourth-order valence-corrected chi connectivity index (χ4v) is 3.38. The molecule has 0 fully saturated rings. The van der Waals surface area contributed by atoms with E-state index in [-0.39, 0.29) is 24.1 Å². The van der Waals surface area contributed by atoms with Crippen LogP contribution in [0.25, 0.3) is 0 Å². The van der Waals surface area contributed by atoms with Crippen LogP contribution in [0.1, 0.15) is 22.7 Å². The molecule has 1 aliphatic heterocycles. The molecule has 0 saturated carbocycles. The fourth-order valence-electron chi connectivity index (χ4n) is 3.38. The third-order valence-electron chi connectivity index (χ3n) is 4.95. The number of nitrogens with one attached hydrogen (secondary N) is 2. The van der Waals surface area contributed by atoms with E-state index in [9.17, 15) is 14.9 Å². The van der Waals surface area contributed by atoms with Gasteiger partial charge in [-0.05, 0) is 41.8 Å². The van der Waals surface area contributed by atoms with E-state index in [4.69, 9.17) is 9.47 Å². The molecule has 31 heavy (non-hydrogen) atoms. The number of aryl methyl sites for hydroxylation is 1. The Morgan fingerprint density at radius 3 is 2.61 bits per heavy atom. The van der Waals surface area contributed by atoms with Gasteiger partial charge in [0.1, 0.15) is 11.7 Å². The molecule has 1 aliphatic rings. The van der Waals surface area contributed by atoms with E-state index in [1.165, 1.54) is 6.07 Å². The smallest absolute Gasteiger partial charge is 0.293 e. The molecule has 0 spiro atoms. The summed E-state index contributed by atoms with van der Waals surface area (Å²) in [4.78, 5) is 24.1. The first-order valence-electron chi connectivity index (χ1n) is 9.74. The lowest BCUT2D eigenvalue weighted by Crippen LogP contribution is -2.33. The SMILES string of the molecule is Cc1ccc(NC(=O)[C@H](NCc2ccc3c(c2)OCO3)c2ccccc2)c([N+](=O)[O-])c1. The zero-order valence-corrected chi connectivity index (χ0v) is 16.8. The third kappa shape index (κ3) is 4.65. The number of carbonyl (C=O) groups excluding carboxylic acids is 1. The van der Waals surface area contributed by atoms with Crippen LogP contribution < -0.4 is 20.1 Å². The number of hydrogen-bond acceptors (Lipinski definition) is 6. The maximum Gasteiger partial charge on any atom is 0.293 e. The molecule has 0 radical (unpaired) electrons. The number of nitro benzene ring substituents is 1. The minimum absolute atomic E-state index is 0.143.